The summed E-state index contributed by atoms with van der Waals surface area (Å²) in [5.41, 5.74) is 0.995. The zero-order valence-corrected chi connectivity index (χ0v) is 12.8. The quantitative estimate of drug-likeness (QED) is 0.690. The van der Waals surface area contributed by atoms with Gasteiger partial charge >= 0.3 is 0 Å². The average Bonchev–Trinajstić information content (AvgIpc) is 3.31. The molecule has 23 heavy (non-hydrogen) atoms. The first kappa shape index (κ1) is 13.8. The molecular formula is C17H17N5O. The third-order valence-electron chi connectivity index (χ3n) is 3.84. The predicted molar refractivity (Wildman–Crippen MR) is 91.3 cm³/mol. The Labute approximate surface area is 133 Å². The van der Waals surface area contributed by atoms with Crippen LogP contribution in [0.1, 0.15) is 18.4 Å². The lowest BCUT2D eigenvalue weighted by atomic mass is 10.2. The third-order valence-corrected chi connectivity index (χ3v) is 3.84. The molecular weight excluding hydrogens is 290 g/mol. The van der Waals surface area contributed by atoms with Gasteiger partial charge in [0.05, 0.1) is 5.39 Å². The van der Waals surface area contributed by atoms with Crippen molar-refractivity contribution in [2.75, 3.05) is 10.6 Å². The first-order valence-electron chi connectivity index (χ1n) is 7.68. The summed E-state index contributed by atoms with van der Waals surface area (Å²) in [5.74, 6) is 2.03. The Morgan fingerprint density at radius 1 is 1.22 bits per heavy atom. The number of nitrogens with one attached hydrogen (secondary N) is 3. The molecule has 3 aromatic rings. The van der Waals surface area contributed by atoms with Crippen LogP contribution in [0.25, 0.3) is 10.8 Å². The number of fused-ring (bicyclic) bond motifs is 1. The minimum absolute atomic E-state index is 0.126. The van der Waals surface area contributed by atoms with Crippen molar-refractivity contribution in [3.05, 3.63) is 52.6 Å². The normalized spacial score (nSPS) is 14.0. The van der Waals surface area contributed by atoms with Crippen LogP contribution in [0.2, 0.25) is 0 Å². The van der Waals surface area contributed by atoms with Gasteiger partial charge in [-0.15, -0.1) is 0 Å². The topological polar surface area (TPSA) is 82.7 Å². The number of anilines is 3. The molecule has 6 nitrogen and oxygen atoms in total. The van der Waals surface area contributed by atoms with Crippen LogP contribution in [0.15, 0.2) is 41.5 Å². The number of nitrogens with zero attached hydrogens (tertiary/aromatic N) is 2. The van der Waals surface area contributed by atoms with Crippen LogP contribution in [0.4, 0.5) is 17.5 Å². The number of hydrogen-bond donors (Lipinski definition) is 3. The molecule has 1 saturated carbocycles. The monoisotopic (exact) mass is 307 g/mol. The van der Waals surface area contributed by atoms with Crippen LogP contribution in [0.3, 0.4) is 0 Å². The zero-order valence-electron chi connectivity index (χ0n) is 12.8. The highest BCUT2D eigenvalue weighted by molar-refractivity contribution is 5.93. The number of aryl methyl sites for hydroxylation is 1. The van der Waals surface area contributed by atoms with Gasteiger partial charge in [-0.05, 0) is 55.0 Å². The van der Waals surface area contributed by atoms with Gasteiger partial charge in [0.1, 0.15) is 17.5 Å². The maximum Gasteiger partial charge on any atom is 0.259 e. The second kappa shape index (κ2) is 5.39. The molecule has 1 fully saturated rings. The summed E-state index contributed by atoms with van der Waals surface area (Å²) >= 11 is 0. The van der Waals surface area contributed by atoms with Crippen molar-refractivity contribution in [3.63, 3.8) is 0 Å². The minimum atomic E-state index is -0.126. The van der Waals surface area contributed by atoms with E-state index >= 15 is 0 Å². The van der Waals surface area contributed by atoms with E-state index in [1.54, 1.807) is 12.4 Å². The van der Waals surface area contributed by atoms with Gasteiger partial charge in [-0.25, -0.2) is 9.97 Å². The van der Waals surface area contributed by atoms with Gasteiger partial charge in [0, 0.05) is 18.4 Å². The number of rotatable bonds is 4. The molecule has 3 aromatic heterocycles. The van der Waals surface area contributed by atoms with Crippen molar-refractivity contribution in [2.45, 2.75) is 25.8 Å². The van der Waals surface area contributed by atoms with Crippen molar-refractivity contribution in [3.8, 4) is 0 Å². The molecule has 116 valence electrons. The Morgan fingerprint density at radius 3 is 2.87 bits per heavy atom. The fraction of sp³-hybridized carbons (Fsp3) is 0.235. The van der Waals surface area contributed by atoms with E-state index in [1.807, 2.05) is 31.2 Å². The molecule has 1 aliphatic rings. The number of aromatic nitrogens is 3. The van der Waals surface area contributed by atoms with Crippen molar-refractivity contribution in [2.24, 2.45) is 0 Å². The van der Waals surface area contributed by atoms with Crippen LogP contribution in [-0.4, -0.2) is 21.0 Å². The summed E-state index contributed by atoms with van der Waals surface area (Å²) in [7, 11) is 0. The van der Waals surface area contributed by atoms with Crippen LogP contribution < -0.4 is 16.2 Å². The van der Waals surface area contributed by atoms with Crippen molar-refractivity contribution in [1.29, 1.82) is 0 Å². The molecule has 0 bridgehead atoms. The molecule has 3 heterocycles. The SMILES string of the molecule is Cc1ccnc(Nc2cc3cc[nH]c(=O)c3c(NC3CC3)n2)c1. The van der Waals surface area contributed by atoms with Crippen LogP contribution >= 0.6 is 0 Å². The average molecular weight is 307 g/mol. The van der Waals surface area contributed by atoms with Gasteiger partial charge < -0.3 is 15.6 Å². The van der Waals surface area contributed by atoms with E-state index in [1.165, 1.54) is 0 Å². The molecule has 1 aliphatic carbocycles. The zero-order chi connectivity index (χ0) is 15.8. The van der Waals surface area contributed by atoms with Gasteiger partial charge in [0.15, 0.2) is 0 Å². The molecule has 6 heteroatoms. The van der Waals surface area contributed by atoms with Crippen LogP contribution in [0, 0.1) is 6.92 Å². The molecule has 3 N–H and O–H groups in total. The van der Waals surface area contributed by atoms with Gasteiger partial charge in [0.2, 0.25) is 0 Å². The molecule has 0 atom stereocenters. The summed E-state index contributed by atoms with van der Waals surface area (Å²) in [6.07, 6.45) is 5.64. The Balaban J connectivity index is 1.79. The molecule has 0 unspecified atom stereocenters. The lowest BCUT2D eigenvalue weighted by molar-refractivity contribution is 1.12. The van der Waals surface area contributed by atoms with Gasteiger partial charge in [0.25, 0.3) is 5.56 Å². The lowest BCUT2D eigenvalue weighted by Gasteiger charge is -2.11. The predicted octanol–water partition coefficient (Wildman–Crippen LogP) is 2.94. The highest BCUT2D eigenvalue weighted by Gasteiger charge is 2.23. The largest absolute Gasteiger partial charge is 0.367 e. The standard InChI is InChI=1S/C17H17N5O/c1-10-4-6-18-13(8-10)21-14-9-11-5-7-19-17(23)15(11)16(22-14)20-12-2-3-12/h4-9,12H,2-3H2,1H3,(H,19,23)(H2,18,20,21,22). The minimum Gasteiger partial charge on any atom is -0.367 e. The van der Waals surface area contributed by atoms with Crippen molar-refractivity contribution in [1.82, 2.24) is 15.0 Å². The Kier molecular flexibility index (Phi) is 3.22. The lowest BCUT2D eigenvalue weighted by Crippen LogP contribution is -2.12. The van der Waals surface area contributed by atoms with Crippen molar-refractivity contribution >= 4 is 28.2 Å². The number of pyridine rings is 3. The van der Waals surface area contributed by atoms with E-state index in [2.05, 4.69) is 25.6 Å². The summed E-state index contributed by atoms with van der Waals surface area (Å²) in [5, 5.41) is 8.01. The van der Waals surface area contributed by atoms with E-state index in [0.717, 1.165) is 29.6 Å². The highest BCUT2D eigenvalue weighted by Crippen LogP contribution is 2.29. The first-order chi connectivity index (χ1) is 11.2. The third kappa shape index (κ3) is 2.88. The maximum absolute atomic E-state index is 12.1. The summed E-state index contributed by atoms with van der Waals surface area (Å²) in [6.45, 7) is 2.01. The smallest absolute Gasteiger partial charge is 0.259 e. The van der Waals surface area contributed by atoms with E-state index in [4.69, 9.17) is 0 Å². The van der Waals surface area contributed by atoms with Crippen LogP contribution in [0.5, 0.6) is 0 Å². The van der Waals surface area contributed by atoms with E-state index in [-0.39, 0.29) is 5.56 Å². The fourth-order valence-electron chi connectivity index (χ4n) is 2.54. The molecule has 4 rings (SSSR count). The van der Waals surface area contributed by atoms with Gasteiger partial charge in [-0.2, -0.15) is 0 Å². The maximum atomic E-state index is 12.1. The second-order valence-corrected chi connectivity index (χ2v) is 5.89. The number of aromatic amines is 1. The van der Waals surface area contributed by atoms with Gasteiger partial charge in [-0.3, -0.25) is 4.79 Å². The van der Waals surface area contributed by atoms with Crippen LogP contribution in [-0.2, 0) is 0 Å². The summed E-state index contributed by atoms with van der Waals surface area (Å²) < 4.78 is 0. The Hall–Kier alpha value is -2.89. The van der Waals surface area contributed by atoms with Crippen molar-refractivity contribution < 1.29 is 0 Å². The molecule has 0 spiro atoms. The number of H-pyrrole nitrogens is 1. The molecule has 0 amide bonds. The van der Waals surface area contributed by atoms with E-state index < -0.39 is 0 Å². The second-order valence-electron chi connectivity index (χ2n) is 5.89. The first-order valence-corrected chi connectivity index (χ1v) is 7.68. The van der Waals surface area contributed by atoms with Gasteiger partial charge in [-0.1, -0.05) is 0 Å². The Bertz CT molecular complexity index is 930. The fourth-order valence-corrected chi connectivity index (χ4v) is 2.54. The highest BCUT2D eigenvalue weighted by atomic mass is 16.1. The molecule has 0 radical (unpaired) electrons. The molecule has 0 aromatic carbocycles. The van der Waals surface area contributed by atoms with E-state index in [0.29, 0.717) is 23.1 Å². The molecule has 0 aliphatic heterocycles. The number of hydrogen-bond acceptors (Lipinski definition) is 5. The Morgan fingerprint density at radius 2 is 2.09 bits per heavy atom. The summed E-state index contributed by atoms with van der Waals surface area (Å²) in [4.78, 5) is 23.7. The van der Waals surface area contributed by atoms with E-state index in [9.17, 15) is 4.79 Å². The summed E-state index contributed by atoms with van der Waals surface area (Å²) in [6, 6.07) is 8.06. The molecule has 0 saturated heterocycles.